The molecule has 1 atom stereocenters. The van der Waals surface area contributed by atoms with Crippen molar-refractivity contribution < 1.29 is 13.5 Å². The van der Waals surface area contributed by atoms with E-state index in [9.17, 15) is 14.0 Å². The van der Waals surface area contributed by atoms with E-state index >= 15 is 0 Å². The molecule has 4 nitrogen and oxygen atoms in total. The second-order valence-corrected chi connectivity index (χ2v) is 8.68. The quantitative estimate of drug-likeness (QED) is 0.541. The number of hydrogen-bond donors (Lipinski definition) is 1. The predicted molar refractivity (Wildman–Crippen MR) is 130 cm³/mol. The van der Waals surface area contributed by atoms with Crippen LogP contribution in [0.25, 0.3) is 6.08 Å². The summed E-state index contributed by atoms with van der Waals surface area (Å²) in [5, 5.41) is 9.94. The first-order valence-corrected chi connectivity index (χ1v) is 11.3. The molecule has 6 heteroatoms. The molecule has 0 radical (unpaired) electrons. The molecule has 0 unspecified atom stereocenters. The molecule has 0 saturated heterocycles. The minimum Gasteiger partial charge on any atom is -0.440 e. The van der Waals surface area contributed by atoms with Crippen LogP contribution in [0.2, 0.25) is 0 Å². The summed E-state index contributed by atoms with van der Waals surface area (Å²) in [5.74, 6) is -0.458. The van der Waals surface area contributed by atoms with Gasteiger partial charge in [0.1, 0.15) is 29.0 Å². The third-order valence-electron chi connectivity index (χ3n) is 6.27. The highest BCUT2D eigenvalue weighted by molar-refractivity contribution is 5.63. The lowest BCUT2D eigenvalue weighted by Gasteiger charge is -2.38. The van der Waals surface area contributed by atoms with Crippen molar-refractivity contribution in [2.45, 2.75) is 12.5 Å². The molecular formula is C29H23F2N3O. The van der Waals surface area contributed by atoms with E-state index in [4.69, 9.17) is 10.5 Å². The van der Waals surface area contributed by atoms with E-state index in [1.165, 1.54) is 24.3 Å². The Balaban J connectivity index is 1.62. The Morgan fingerprint density at radius 3 is 2.26 bits per heavy atom. The maximum absolute atomic E-state index is 13.7. The summed E-state index contributed by atoms with van der Waals surface area (Å²) < 4.78 is 33.2. The number of rotatable bonds is 4. The first-order chi connectivity index (χ1) is 17.0. The number of allylic oxidation sites excluding steroid dienone is 1. The number of nitrogens with two attached hydrogens (primary N) is 1. The minimum atomic E-state index is -0.459. The number of hydrogen-bond acceptors (Lipinski definition) is 4. The van der Waals surface area contributed by atoms with Crippen molar-refractivity contribution in [3.05, 3.63) is 136 Å². The average Bonchev–Trinajstić information content (AvgIpc) is 2.86. The van der Waals surface area contributed by atoms with Gasteiger partial charge in [0.15, 0.2) is 0 Å². The second-order valence-electron chi connectivity index (χ2n) is 8.68. The van der Waals surface area contributed by atoms with E-state index in [0.717, 1.165) is 27.8 Å². The zero-order valence-electron chi connectivity index (χ0n) is 18.9. The Morgan fingerprint density at radius 1 is 0.943 bits per heavy atom. The third kappa shape index (κ3) is 4.72. The fraction of sp³-hybridized carbons (Fsp3) is 0.138. The Hall–Kier alpha value is -4.21. The lowest BCUT2D eigenvalue weighted by atomic mass is 9.80. The van der Waals surface area contributed by atoms with Crippen LogP contribution in [0.3, 0.4) is 0 Å². The van der Waals surface area contributed by atoms with Crippen LogP contribution in [0.15, 0.2) is 107 Å². The normalized spacial score (nSPS) is 19.3. The second kappa shape index (κ2) is 9.57. The lowest BCUT2D eigenvalue weighted by molar-refractivity contribution is 0.230. The highest BCUT2D eigenvalue weighted by Gasteiger charge is 2.37. The third-order valence-corrected chi connectivity index (χ3v) is 6.27. The number of benzene rings is 3. The van der Waals surface area contributed by atoms with Crippen LogP contribution >= 0.6 is 0 Å². The topological polar surface area (TPSA) is 62.3 Å². The minimum absolute atomic E-state index is 0.0436. The molecule has 0 aliphatic carbocycles. The lowest BCUT2D eigenvalue weighted by Crippen LogP contribution is -2.37. The highest BCUT2D eigenvalue weighted by Crippen LogP contribution is 2.44. The summed E-state index contributed by atoms with van der Waals surface area (Å²) in [5.41, 5.74) is 11.0. The molecule has 2 aliphatic heterocycles. The molecule has 3 aromatic carbocycles. The van der Waals surface area contributed by atoms with Gasteiger partial charge in [-0.3, -0.25) is 4.90 Å². The standard InChI is InChI=1S/C29H23F2N3O/c30-23-10-6-19(7-11-23)14-22-17-34(16-20-4-2-1-3-5-20)18-26-27(21-8-12-24(31)13-9-21)25(15-32)29(33)35-28(22)26/h1-14,27H,16-18,33H2/b22-14+/t27-/m1/s1. The van der Waals surface area contributed by atoms with Crippen molar-refractivity contribution in [2.75, 3.05) is 13.1 Å². The summed E-state index contributed by atoms with van der Waals surface area (Å²) in [4.78, 5) is 2.26. The van der Waals surface area contributed by atoms with Crippen molar-refractivity contribution in [3.63, 3.8) is 0 Å². The van der Waals surface area contributed by atoms with Crippen LogP contribution in [-0.4, -0.2) is 18.0 Å². The van der Waals surface area contributed by atoms with Crippen LogP contribution in [0.4, 0.5) is 8.78 Å². The van der Waals surface area contributed by atoms with Crippen LogP contribution in [0, 0.1) is 23.0 Å². The van der Waals surface area contributed by atoms with Gasteiger partial charge >= 0.3 is 0 Å². The molecule has 2 aliphatic rings. The Labute approximate surface area is 202 Å². The van der Waals surface area contributed by atoms with Crippen LogP contribution < -0.4 is 5.73 Å². The van der Waals surface area contributed by atoms with Gasteiger partial charge in [-0.2, -0.15) is 5.26 Å². The van der Waals surface area contributed by atoms with Gasteiger partial charge in [-0.05, 0) is 52.6 Å². The molecule has 0 saturated carbocycles. The van der Waals surface area contributed by atoms with E-state index in [2.05, 4.69) is 23.1 Å². The molecule has 0 spiro atoms. The van der Waals surface area contributed by atoms with Crippen LogP contribution in [0.5, 0.6) is 0 Å². The van der Waals surface area contributed by atoms with Gasteiger partial charge in [0.05, 0.1) is 5.92 Å². The molecule has 35 heavy (non-hydrogen) atoms. The van der Waals surface area contributed by atoms with Gasteiger partial charge < -0.3 is 10.5 Å². The smallest absolute Gasteiger partial charge is 0.205 e. The van der Waals surface area contributed by atoms with Crippen LogP contribution in [0.1, 0.15) is 22.6 Å². The molecule has 0 aromatic heterocycles. The van der Waals surface area contributed by atoms with Gasteiger partial charge in [-0.25, -0.2) is 8.78 Å². The SMILES string of the molecule is N#CC1=C(N)OC2=C(CN(Cc3ccccc3)C/C2=C\c2ccc(F)cc2)[C@@H]1c1ccc(F)cc1. The van der Waals surface area contributed by atoms with E-state index in [1.807, 2.05) is 24.3 Å². The summed E-state index contributed by atoms with van der Waals surface area (Å²) in [6.45, 7) is 1.82. The van der Waals surface area contributed by atoms with E-state index in [-0.39, 0.29) is 17.5 Å². The maximum atomic E-state index is 13.7. The molecular weight excluding hydrogens is 444 g/mol. The first kappa shape index (κ1) is 22.6. The van der Waals surface area contributed by atoms with Gasteiger partial charge in [0.25, 0.3) is 0 Å². The summed E-state index contributed by atoms with van der Waals surface area (Å²) in [6, 6.07) is 24.7. The number of ether oxygens (including phenoxy) is 1. The van der Waals surface area contributed by atoms with Crippen molar-refractivity contribution in [1.29, 1.82) is 5.26 Å². The Kier molecular flexibility index (Phi) is 6.17. The summed E-state index contributed by atoms with van der Waals surface area (Å²) >= 11 is 0. The fourth-order valence-electron chi connectivity index (χ4n) is 4.69. The van der Waals surface area contributed by atoms with Gasteiger partial charge in [0, 0.05) is 25.2 Å². The van der Waals surface area contributed by atoms with Crippen molar-refractivity contribution in [2.24, 2.45) is 5.73 Å². The maximum Gasteiger partial charge on any atom is 0.205 e. The predicted octanol–water partition coefficient (Wildman–Crippen LogP) is 5.63. The number of nitrogens with zero attached hydrogens (tertiary/aromatic N) is 2. The van der Waals surface area contributed by atoms with Crippen LogP contribution in [-0.2, 0) is 11.3 Å². The average molecular weight is 468 g/mol. The van der Waals surface area contributed by atoms with Gasteiger partial charge in [-0.15, -0.1) is 0 Å². The molecule has 174 valence electrons. The zero-order chi connectivity index (χ0) is 24.4. The molecule has 5 rings (SSSR count). The zero-order valence-corrected chi connectivity index (χ0v) is 18.9. The first-order valence-electron chi connectivity index (χ1n) is 11.3. The molecule has 3 aromatic rings. The fourth-order valence-corrected chi connectivity index (χ4v) is 4.69. The van der Waals surface area contributed by atoms with Gasteiger partial charge in [-0.1, -0.05) is 54.6 Å². The monoisotopic (exact) mass is 467 g/mol. The summed E-state index contributed by atoms with van der Waals surface area (Å²) in [6.07, 6.45) is 1.96. The Bertz CT molecular complexity index is 1370. The van der Waals surface area contributed by atoms with Gasteiger partial charge in [0.2, 0.25) is 5.88 Å². The molecule has 2 heterocycles. The molecule has 0 fully saturated rings. The van der Waals surface area contributed by atoms with E-state index in [0.29, 0.717) is 31.0 Å². The van der Waals surface area contributed by atoms with E-state index < -0.39 is 5.92 Å². The van der Waals surface area contributed by atoms with Crippen molar-refractivity contribution in [1.82, 2.24) is 4.90 Å². The highest BCUT2D eigenvalue weighted by atomic mass is 19.1. The van der Waals surface area contributed by atoms with Crippen molar-refractivity contribution in [3.8, 4) is 6.07 Å². The number of nitriles is 1. The molecule has 0 amide bonds. The largest absolute Gasteiger partial charge is 0.440 e. The number of halogens is 2. The van der Waals surface area contributed by atoms with Crippen molar-refractivity contribution >= 4 is 6.08 Å². The molecule has 2 N–H and O–H groups in total. The van der Waals surface area contributed by atoms with E-state index in [1.54, 1.807) is 24.3 Å². The molecule has 0 bridgehead atoms. The Morgan fingerprint density at radius 2 is 1.60 bits per heavy atom. The summed E-state index contributed by atoms with van der Waals surface area (Å²) in [7, 11) is 0.